The Labute approximate surface area is 164 Å². The topological polar surface area (TPSA) is 68.0 Å². The highest BCUT2D eigenvalue weighted by Crippen LogP contribution is 2.25. The highest BCUT2D eigenvalue weighted by atomic mass is 19.1. The number of halogens is 1. The maximum atomic E-state index is 13.3. The van der Waals surface area contributed by atoms with Crippen molar-refractivity contribution >= 4 is 5.91 Å². The predicted octanol–water partition coefficient (Wildman–Crippen LogP) is 4.20. The number of pyridine rings is 1. The van der Waals surface area contributed by atoms with Crippen LogP contribution >= 0.6 is 0 Å². The maximum Gasteiger partial charge on any atom is 0.251 e. The average Bonchev–Trinajstić information content (AvgIpc) is 2.65. The van der Waals surface area contributed by atoms with Gasteiger partial charge >= 0.3 is 0 Å². The molecule has 1 amide bonds. The Kier molecular flexibility index (Phi) is 5.85. The lowest BCUT2D eigenvalue weighted by molar-refractivity contribution is 0.0951. The molecule has 1 aromatic heterocycles. The first-order valence-corrected chi connectivity index (χ1v) is 9.18. The van der Waals surface area contributed by atoms with Gasteiger partial charge in [-0.3, -0.25) is 4.79 Å². The molecular weight excluding hydrogens is 353 g/mol. The second-order valence-corrected chi connectivity index (χ2v) is 7.07. The number of carbonyl (C=O) groups is 1. The molecule has 0 aliphatic carbocycles. The van der Waals surface area contributed by atoms with Gasteiger partial charge in [-0.25, -0.2) is 4.98 Å². The number of amides is 1. The van der Waals surface area contributed by atoms with E-state index in [1.807, 2.05) is 19.9 Å². The van der Waals surface area contributed by atoms with E-state index in [2.05, 4.69) is 28.5 Å². The van der Waals surface area contributed by atoms with Crippen molar-refractivity contribution in [1.29, 1.82) is 0 Å². The molecule has 0 saturated heterocycles. The fraction of sp³-hybridized carbons (Fsp3) is 0.217. The summed E-state index contributed by atoms with van der Waals surface area (Å²) >= 11 is 0. The molecule has 0 bridgehead atoms. The van der Waals surface area contributed by atoms with Gasteiger partial charge in [-0.2, -0.15) is 4.39 Å². The molecule has 0 atom stereocenters. The Morgan fingerprint density at radius 2 is 1.71 bits per heavy atom. The number of rotatable bonds is 5. The van der Waals surface area contributed by atoms with Crippen LogP contribution in [0, 0.1) is 26.7 Å². The van der Waals surface area contributed by atoms with Gasteiger partial charge in [-0.1, -0.05) is 29.3 Å². The van der Waals surface area contributed by atoms with Crippen LogP contribution in [0.15, 0.2) is 48.5 Å². The minimum Gasteiger partial charge on any atom is -0.348 e. The molecule has 0 unspecified atom stereocenters. The highest BCUT2D eigenvalue weighted by molar-refractivity contribution is 5.95. The van der Waals surface area contributed by atoms with Crippen LogP contribution < -0.4 is 11.1 Å². The van der Waals surface area contributed by atoms with Gasteiger partial charge in [0.25, 0.3) is 5.91 Å². The molecule has 0 aliphatic heterocycles. The number of nitrogens with two attached hydrogens (primary N) is 1. The molecule has 144 valence electrons. The number of hydrogen-bond acceptors (Lipinski definition) is 3. The zero-order valence-corrected chi connectivity index (χ0v) is 16.3. The second-order valence-electron chi connectivity index (χ2n) is 7.07. The molecule has 0 aliphatic rings. The minimum absolute atomic E-state index is 0.177. The van der Waals surface area contributed by atoms with Crippen molar-refractivity contribution in [2.75, 3.05) is 0 Å². The SMILES string of the molecule is Cc1cc(C)cc(CNC(=O)c2cc(CN)cc(-c3ccc(F)nc3C)c2)c1. The van der Waals surface area contributed by atoms with E-state index < -0.39 is 5.95 Å². The summed E-state index contributed by atoms with van der Waals surface area (Å²) in [6.07, 6.45) is 0. The Bertz CT molecular complexity index is 1010. The Hall–Kier alpha value is -3.05. The lowest BCUT2D eigenvalue weighted by Crippen LogP contribution is -2.23. The molecule has 5 heteroatoms. The quantitative estimate of drug-likeness (QED) is 0.655. The number of aryl methyl sites for hydroxylation is 3. The summed E-state index contributed by atoms with van der Waals surface area (Å²) in [5, 5.41) is 2.97. The molecule has 28 heavy (non-hydrogen) atoms. The van der Waals surface area contributed by atoms with Gasteiger partial charge in [0.05, 0.1) is 0 Å². The fourth-order valence-corrected chi connectivity index (χ4v) is 3.39. The van der Waals surface area contributed by atoms with Gasteiger partial charge in [0.2, 0.25) is 5.95 Å². The van der Waals surface area contributed by atoms with Crippen molar-refractivity contribution in [1.82, 2.24) is 10.3 Å². The summed E-state index contributed by atoms with van der Waals surface area (Å²) in [5.41, 5.74) is 12.7. The Morgan fingerprint density at radius 3 is 2.36 bits per heavy atom. The van der Waals surface area contributed by atoms with Gasteiger partial charge in [0.15, 0.2) is 0 Å². The summed E-state index contributed by atoms with van der Waals surface area (Å²) in [7, 11) is 0. The van der Waals surface area contributed by atoms with Crippen molar-refractivity contribution in [3.05, 3.63) is 88.0 Å². The molecule has 2 aromatic carbocycles. The molecular formula is C23H24FN3O. The second kappa shape index (κ2) is 8.31. The first-order valence-electron chi connectivity index (χ1n) is 9.18. The van der Waals surface area contributed by atoms with E-state index in [1.165, 1.54) is 6.07 Å². The normalized spacial score (nSPS) is 10.8. The molecule has 0 radical (unpaired) electrons. The van der Waals surface area contributed by atoms with E-state index in [4.69, 9.17) is 5.73 Å². The first kappa shape index (κ1) is 19.7. The fourth-order valence-electron chi connectivity index (χ4n) is 3.39. The van der Waals surface area contributed by atoms with Gasteiger partial charge in [-0.05, 0) is 67.8 Å². The highest BCUT2D eigenvalue weighted by Gasteiger charge is 2.12. The maximum absolute atomic E-state index is 13.3. The average molecular weight is 377 g/mol. The number of hydrogen-bond donors (Lipinski definition) is 2. The Morgan fingerprint density at radius 1 is 1.00 bits per heavy atom. The molecule has 1 heterocycles. The van der Waals surface area contributed by atoms with Gasteiger partial charge < -0.3 is 11.1 Å². The van der Waals surface area contributed by atoms with Crippen LogP contribution in [0.25, 0.3) is 11.1 Å². The van der Waals surface area contributed by atoms with Crippen LogP contribution in [0.2, 0.25) is 0 Å². The summed E-state index contributed by atoms with van der Waals surface area (Å²) in [5.74, 6) is -0.703. The number of aromatic nitrogens is 1. The standard InChI is InChI=1S/C23H24FN3O/c1-14-6-15(2)8-18(7-14)13-26-23(28)20-10-17(12-25)9-19(11-20)21-4-5-22(24)27-16(21)3/h4-11H,12-13,25H2,1-3H3,(H,26,28). The van der Waals surface area contributed by atoms with E-state index in [0.29, 0.717) is 24.3 Å². The predicted molar refractivity (Wildman–Crippen MR) is 109 cm³/mol. The summed E-state index contributed by atoms with van der Waals surface area (Å²) in [6.45, 7) is 6.57. The lowest BCUT2D eigenvalue weighted by Gasteiger charge is -2.12. The molecule has 3 rings (SSSR count). The van der Waals surface area contributed by atoms with E-state index in [1.54, 1.807) is 25.1 Å². The molecule has 0 spiro atoms. The third-order valence-corrected chi connectivity index (χ3v) is 4.59. The van der Waals surface area contributed by atoms with Crippen LogP contribution in [0.3, 0.4) is 0 Å². The van der Waals surface area contributed by atoms with E-state index in [-0.39, 0.29) is 5.91 Å². The summed E-state index contributed by atoms with van der Waals surface area (Å²) in [4.78, 5) is 16.6. The van der Waals surface area contributed by atoms with Crippen molar-refractivity contribution in [3.8, 4) is 11.1 Å². The van der Waals surface area contributed by atoms with Crippen LogP contribution in [0.5, 0.6) is 0 Å². The van der Waals surface area contributed by atoms with Crippen LogP contribution in [-0.2, 0) is 13.1 Å². The van der Waals surface area contributed by atoms with E-state index in [9.17, 15) is 9.18 Å². The first-order chi connectivity index (χ1) is 13.4. The minimum atomic E-state index is -0.525. The zero-order chi connectivity index (χ0) is 20.3. The molecule has 4 nitrogen and oxygen atoms in total. The summed E-state index contributed by atoms with van der Waals surface area (Å²) < 4.78 is 13.3. The van der Waals surface area contributed by atoms with Crippen molar-refractivity contribution in [2.45, 2.75) is 33.9 Å². The zero-order valence-electron chi connectivity index (χ0n) is 16.3. The van der Waals surface area contributed by atoms with Gasteiger partial charge in [0, 0.05) is 29.9 Å². The number of nitrogens with one attached hydrogen (secondary N) is 1. The van der Waals surface area contributed by atoms with E-state index >= 15 is 0 Å². The Balaban J connectivity index is 1.87. The lowest BCUT2D eigenvalue weighted by atomic mass is 9.98. The molecule has 0 saturated carbocycles. The van der Waals surface area contributed by atoms with Crippen molar-refractivity contribution in [2.24, 2.45) is 5.73 Å². The number of carbonyl (C=O) groups excluding carboxylic acids is 1. The van der Waals surface area contributed by atoms with Gasteiger partial charge in [0.1, 0.15) is 0 Å². The van der Waals surface area contributed by atoms with E-state index in [0.717, 1.165) is 33.4 Å². The number of nitrogens with zero attached hydrogens (tertiary/aromatic N) is 1. The van der Waals surface area contributed by atoms with Crippen LogP contribution in [0.1, 0.15) is 38.3 Å². The van der Waals surface area contributed by atoms with Crippen molar-refractivity contribution in [3.63, 3.8) is 0 Å². The monoisotopic (exact) mass is 377 g/mol. The van der Waals surface area contributed by atoms with Crippen LogP contribution in [-0.4, -0.2) is 10.9 Å². The number of benzene rings is 2. The third kappa shape index (κ3) is 4.61. The summed E-state index contributed by atoms with van der Waals surface area (Å²) in [6, 6.07) is 14.7. The van der Waals surface area contributed by atoms with Crippen LogP contribution in [0.4, 0.5) is 4.39 Å². The molecule has 0 fully saturated rings. The third-order valence-electron chi connectivity index (χ3n) is 4.59. The van der Waals surface area contributed by atoms with Gasteiger partial charge in [-0.15, -0.1) is 0 Å². The molecule has 3 aromatic rings. The molecule has 3 N–H and O–H groups in total. The van der Waals surface area contributed by atoms with Crippen molar-refractivity contribution < 1.29 is 9.18 Å². The largest absolute Gasteiger partial charge is 0.348 e. The smallest absolute Gasteiger partial charge is 0.251 e.